The van der Waals surface area contributed by atoms with Crippen molar-refractivity contribution in [2.24, 2.45) is 0 Å². The first kappa shape index (κ1) is 16.9. The van der Waals surface area contributed by atoms with Gasteiger partial charge < -0.3 is 4.84 Å². The van der Waals surface area contributed by atoms with E-state index in [0.717, 1.165) is 18.4 Å². The van der Waals surface area contributed by atoms with Gasteiger partial charge in [0, 0.05) is 12.0 Å². The molecular formula is C19H21NO3. The molecule has 1 N–H and O–H groups in total. The molecule has 0 amide bonds. The highest BCUT2D eigenvalue weighted by molar-refractivity contribution is 6.06. The Morgan fingerprint density at radius 3 is 2.30 bits per heavy atom. The second-order valence-corrected chi connectivity index (χ2v) is 5.27. The SMILES string of the molecule is CCCCC(=O)c1ccccc1C(=O)ONCc1ccccc1. The summed E-state index contributed by atoms with van der Waals surface area (Å²) in [5, 5.41) is 0. The molecule has 0 spiro atoms. The van der Waals surface area contributed by atoms with Gasteiger partial charge in [-0.05, 0) is 18.1 Å². The maximum Gasteiger partial charge on any atom is 0.357 e. The lowest BCUT2D eigenvalue weighted by atomic mass is 10.0. The summed E-state index contributed by atoms with van der Waals surface area (Å²) in [4.78, 5) is 29.5. The van der Waals surface area contributed by atoms with E-state index >= 15 is 0 Å². The number of nitrogens with one attached hydrogen (secondary N) is 1. The van der Waals surface area contributed by atoms with E-state index in [1.54, 1.807) is 24.3 Å². The van der Waals surface area contributed by atoms with Crippen LogP contribution in [0, 0.1) is 0 Å². The highest BCUT2D eigenvalue weighted by Gasteiger charge is 2.17. The van der Waals surface area contributed by atoms with Crippen molar-refractivity contribution in [3.63, 3.8) is 0 Å². The Balaban J connectivity index is 1.97. The van der Waals surface area contributed by atoms with Gasteiger partial charge in [-0.15, -0.1) is 5.48 Å². The Morgan fingerprint density at radius 2 is 1.61 bits per heavy atom. The molecule has 2 aromatic carbocycles. The van der Waals surface area contributed by atoms with Crippen LogP contribution in [0.5, 0.6) is 0 Å². The normalized spacial score (nSPS) is 10.3. The minimum absolute atomic E-state index is 0.0255. The lowest BCUT2D eigenvalue weighted by molar-refractivity contribution is 0.0235. The third kappa shape index (κ3) is 5.04. The van der Waals surface area contributed by atoms with Gasteiger partial charge in [0.25, 0.3) is 0 Å². The van der Waals surface area contributed by atoms with Crippen LogP contribution in [0.3, 0.4) is 0 Å². The average molecular weight is 311 g/mol. The van der Waals surface area contributed by atoms with Crippen LogP contribution in [0.15, 0.2) is 54.6 Å². The molecule has 0 aromatic heterocycles. The van der Waals surface area contributed by atoms with Crippen LogP contribution in [0.25, 0.3) is 0 Å². The molecule has 0 aliphatic heterocycles. The minimum atomic E-state index is -0.540. The maximum absolute atomic E-state index is 12.2. The van der Waals surface area contributed by atoms with Crippen molar-refractivity contribution in [1.82, 2.24) is 5.48 Å². The molecule has 2 aromatic rings. The second kappa shape index (κ2) is 8.86. The lowest BCUT2D eigenvalue weighted by Gasteiger charge is -2.09. The van der Waals surface area contributed by atoms with Crippen LogP contribution in [0.1, 0.15) is 52.5 Å². The van der Waals surface area contributed by atoms with Crippen LogP contribution in [-0.4, -0.2) is 11.8 Å². The fourth-order valence-corrected chi connectivity index (χ4v) is 2.21. The van der Waals surface area contributed by atoms with Gasteiger partial charge in [0.15, 0.2) is 5.78 Å². The molecular weight excluding hydrogens is 290 g/mol. The molecule has 0 radical (unpaired) electrons. The van der Waals surface area contributed by atoms with Gasteiger partial charge in [-0.25, -0.2) is 4.79 Å². The summed E-state index contributed by atoms with van der Waals surface area (Å²) in [6.07, 6.45) is 2.20. The van der Waals surface area contributed by atoms with Crippen LogP contribution in [0.2, 0.25) is 0 Å². The van der Waals surface area contributed by atoms with Gasteiger partial charge in [-0.2, -0.15) is 0 Å². The first-order valence-corrected chi connectivity index (χ1v) is 7.82. The first-order chi connectivity index (χ1) is 11.2. The Morgan fingerprint density at radius 1 is 0.957 bits per heavy atom. The van der Waals surface area contributed by atoms with Gasteiger partial charge in [-0.3, -0.25) is 4.79 Å². The van der Waals surface area contributed by atoms with Gasteiger partial charge in [0.1, 0.15) is 0 Å². The van der Waals surface area contributed by atoms with Gasteiger partial charge in [-0.1, -0.05) is 61.9 Å². The standard InChI is InChI=1S/C19H21NO3/c1-2-3-13-18(21)16-11-7-8-12-17(16)19(22)23-20-14-15-9-5-4-6-10-15/h4-12,20H,2-3,13-14H2,1H3. The van der Waals surface area contributed by atoms with Crippen LogP contribution >= 0.6 is 0 Å². The minimum Gasteiger partial charge on any atom is -0.366 e. The largest absolute Gasteiger partial charge is 0.366 e. The number of carbonyl (C=O) groups is 2. The zero-order chi connectivity index (χ0) is 16.5. The van der Waals surface area contributed by atoms with E-state index in [4.69, 9.17) is 4.84 Å². The smallest absolute Gasteiger partial charge is 0.357 e. The Bertz CT molecular complexity index is 653. The molecule has 0 aliphatic rings. The predicted molar refractivity (Wildman–Crippen MR) is 89.0 cm³/mol. The van der Waals surface area contributed by atoms with E-state index in [0.29, 0.717) is 24.1 Å². The molecule has 4 heteroatoms. The zero-order valence-corrected chi connectivity index (χ0v) is 13.2. The predicted octanol–water partition coefficient (Wildman–Crippen LogP) is 3.92. The summed E-state index contributed by atoms with van der Waals surface area (Å²) in [6, 6.07) is 16.4. The van der Waals surface area contributed by atoms with Crippen molar-refractivity contribution >= 4 is 11.8 Å². The quantitative estimate of drug-likeness (QED) is 0.593. The van der Waals surface area contributed by atoms with Crippen LogP contribution in [0.4, 0.5) is 0 Å². The number of benzene rings is 2. The number of ketones is 1. The molecule has 0 saturated carbocycles. The van der Waals surface area contributed by atoms with Crippen molar-refractivity contribution in [3.05, 3.63) is 71.3 Å². The summed E-state index contributed by atoms with van der Waals surface area (Å²) in [5.41, 5.74) is 4.38. The van der Waals surface area contributed by atoms with Crippen LogP contribution < -0.4 is 5.48 Å². The van der Waals surface area contributed by atoms with Gasteiger partial charge in [0.2, 0.25) is 0 Å². The summed E-state index contributed by atoms with van der Waals surface area (Å²) in [6.45, 7) is 2.44. The monoisotopic (exact) mass is 311 g/mol. The third-order valence-corrected chi connectivity index (χ3v) is 3.49. The molecule has 0 fully saturated rings. The van der Waals surface area contributed by atoms with E-state index < -0.39 is 5.97 Å². The molecule has 0 aliphatic carbocycles. The molecule has 0 bridgehead atoms. The fraction of sp³-hybridized carbons (Fsp3) is 0.263. The molecule has 0 heterocycles. The maximum atomic E-state index is 12.2. The van der Waals surface area contributed by atoms with Crippen molar-refractivity contribution in [1.29, 1.82) is 0 Å². The fourth-order valence-electron chi connectivity index (χ4n) is 2.21. The van der Waals surface area contributed by atoms with E-state index in [2.05, 4.69) is 5.48 Å². The average Bonchev–Trinajstić information content (AvgIpc) is 2.60. The zero-order valence-electron chi connectivity index (χ0n) is 13.2. The van der Waals surface area contributed by atoms with Gasteiger partial charge >= 0.3 is 5.97 Å². The van der Waals surface area contributed by atoms with E-state index in [1.165, 1.54) is 0 Å². The summed E-state index contributed by atoms with van der Waals surface area (Å²) >= 11 is 0. The number of hydrogen-bond acceptors (Lipinski definition) is 4. The number of Topliss-reactive ketones (excluding diaryl/α,β-unsaturated/α-hetero) is 1. The van der Waals surface area contributed by atoms with Crippen molar-refractivity contribution in [3.8, 4) is 0 Å². The Kier molecular flexibility index (Phi) is 6.51. The molecule has 0 unspecified atom stereocenters. The number of hydrogen-bond donors (Lipinski definition) is 1. The molecule has 0 atom stereocenters. The van der Waals surface area contributed by atoms with E-state index in [1.807, 2.05) is 37.3 Å². The number of rotatable bonds is 8. The number of hydroxylamine groups is 1. The van der Waals surface area contributed by atoms with Crippen LogP contribution in [-0.2, 0) is 11.4 Å². The third-order valence-electron chi connectivity index (χ3n) is 3.49. The Labute approximate surface area is 136 Å². The second-order valence-electron chi connectivity index (χ2n) is 5.27. The first-order valence-electron chi connectivity index (χ1n) is 7.82. The molecule has 0 saturated heterocycles. The highest BCUT2D eigenvalue weighted by atomic mass is 16.7. The van der Waals surface area contributed by atoms with Crippen molar-refractivity contribution in [2.75, 3.05) is 0 Å². The Hall–Kier alpha value is -2.46. The van der Waals surface area contributed by atoms with E-state index in [-0.39, 0.29) is 5.78 Å². The molecule has 120 valence electrons. The number of unbranched alkanes of at least 4 members (excludes halogenated alkanes) is 1. The lowest BCUT2D eigenvalue weighted by Crippen LogP contribution is -2.21. The number of carbonyl (C=O) groups excluding carboxylic acids is 2. The van der Waals surface area contributed by atoms with Crippen molar-refractivity contribution in [2.45, 2.75) is 32.7 Å². The highest BCUT2D eigenvalue weighted by Crippen LogP contribution is 2.14. The van der Waals surface area contributed by atoms with Gasteiger partial charge in [0.05, 0.1) is 12.1 Å². The van der Waals surface area contributed by atoms with E-state index in [9.17, 15) is 9.59 Å². The molecule has 2 rings (SSSR count). The summed E-state index contributed by atoms with van der Waals surface area (Å²) < 4.78 is 0. The molecule has 4 nitrogen and oxygen atoms in total. The summed E-state index contributed by atoms with van der Waals surface area (Å²) in [5.74, 6) is -0.566. The van der Waals surface area contributed by atoms with Crippen molar-refractivity contribution < 1.29 is 14.4 Å². The summed E-state index contributed by atoms with van der Waals surface area (Å²) in [7, 11) is 0. The topological polar surface area (TPSA) is 55.4 Å². The molecule has 23 heavy (non-hydrogen) atoms.